The summed E-state index contributed by atoms with van der Waals surface area (Å²) in [5.74, 6) is 0.105. The van der Waals surface area contributed by atoms with Crippen molar-refractivity contribution in [2.45, 2.75) is 70.0 Å². The number of rotatable bonds is 2. The summed E-state index contributed by atoms with van der Waals surface area (Å²) in [6.07, 6.45) is 10.3. The highest BCUT2D eigenvalue weighted by molar-refractivity contribution is 6.04. The fraction of sp³-hybridized carbons (Fsp3) is 0.619. The summed E-state index contributed by atoms with van der Waals surface area (Å²) in [6.45, 7) is 0.831. The second-order valence-electron chi connectivity index (χ2n) is 7.98. The van der Waals surface area contributed by atoms with Gasteiger partial charge in [0.2, 0.25) is 0 Å². The minimum Gasteiger partial charge on any atom is -0.354 e. The molecule has 1 saturated heterocycles. The average molecular weight is 355 g/mol. The Kier molecular flexibility index (Phi) is 4.88. The van der Waals surface area contributed by atoms with Crippen LogP contribution in [0.2, 0.25) is 0 Å². The molecule has 0 radical (unpaired) electrons. The molecule has 2 aliphatic heterocycles. The van der Waals surface area contributed by atoms with Gasteiger partial charge in [0.25, 0.3) is 11.8 Å². The summed E-state index contributed by atoms with van der Waals surface area (Å²) >= 11 is 0. The Hall–Kier alpha value is -2.04. The molecule has 26 heavy (non-hydrogen) atoms. The summed E-state index contributed by atoms with van der Waals surface area (Å²) in [5.41, 5.74) is 2.28. The van der Waals surface area contributed by atoms with E-state index in [0.717, 1.165) is 49.9 Å². The molecule has 2 fully saturated rings. The predicted octanol–water partition coefficient (Wildman–Crippen LogP) is 3.54. The molecule has 2 heterocycles. The van der Waals surface area contributed by atoms with Crippen molar-refractivity contribution in [2.24, 2.45) is 0 Å². The van der Waals surface area contributed by atoms with E-state index < -0.39 is 0 Å². The Labute approximate surface area is 155 Å². The third kappa shape index (κ3) is 3.19. The molecule has 0 aromatic heterocycles. The van der Waals surface area contributed by atoms with Gasteiger partial charge >= 0.3 is 0 Å². The van der Waals surface area contributed by atoms with Gasteiger partial charge in [-0.1, -0.05) is 25.7 Å². The van der Waals surface area contributed by atoms with Gasteiger partial charge in [-0.15, -0.1) is 0 Å². The molecule has 1 aromatic rings. The molecular formula is C21H29N3O2. The number of hydrogen-bond donors (Lipinski definition) is 1. The van der Waals surface area contributed by atoms with Gasteiger partial charge in [-0.05, 0) is 50.3 Å². The molecule has 1 unspecified atom stereocenters. The Balaban J connectivity index is 1.58. The molecule has 1 saturated carbocycles. The van der Waals surface area contributed by atoms with E-state index in [-0.39, 0.29) is 18.0 Å². The van der Waals surface area contributed by atoms with Crippen molar-refractivity contribution in [1.82, 2.24) is 10.2 Å². The highest BCUT2D eigenvalue weighted by atomic mass is 16.2. The van der Waals surface area contributed by atoms with Crippen LogP contribution < -0.4 is 10.2 Å². The molecule has 140 valence electrons. The van der Waals surface area contributed by atoms with Gasteiger partial charge < -0.3 is 15.1 Å². The van der Waals surface area contributed by atoms with Crippen molar-refractivity contribution in [1.29, 1.82) is 0 Å². The van der Waals surface area contributed by atoms with Crippen LogP contribution in [0.3, 0.4) is 0 Å². The second-order valence-corrected chi connectivity index (χ2v) is 7.98. The van der Waals surface area contributed by atoms with Crippen LogP contribution in [-0.2, 0) is 0 Å². The molecule has 1 N–H and O–H groups in total. The van der Waals surface area contributed by atoms with E-state index in [4.69, 9.17) is 0 Å². The van der Waals surface area contributed by atoms with E-state index in [2.05, 4.69) is 17.3 Å². The van der Waals surface area contributed by atoms with Crippen molar-refractivity contribution in [2.75, 3.05) is 18.5 Å². The average Bonchev–Trinajstić information content (AvgIpc) is 2.93. The molecule has 5 nitrogen and oxygen atoms in total. The van der Waals surface area contributed by atoms with Gasteiger partial charge in [-0.2, -0.15) is 0 Å². The van der Waals surface area contributed by atoms with Crippen LogP contribution in [0.4, 0.5) is 5.69 Å². The van der Waals surface area contributed by atoms with Gasteiger partial charge in [-0.25, -0.2) is 0 Å². The van der Waals surface area contributed by atoms with Crippen LogP contribution in [0.1, 0.15) is 78.5 Å². The van der Waals surface area contributed by atoms with E-state index in [1.165, 1.54) is 25.7 Å². The van der Waals surface area contributed by atoms with Gasteiger partial charge in [0.05, 0.1) is 11.3 Å². The second kappa shape index (κ2) is 7.29. The SMILES string of the molecule is CN1c2cc(C(=O)NC3CCCCC3)ccc2C(=O)N2CCCCCC21. The maximum atomic E-state index is 12.9. The van der Waals surface area contributed by atoms with Crippen LogP contribution in [0.15, 0.2) is 18.2 Å². The zero-order valence-electron chi connectivity index (χ0n) is 15.7. The zero-order valence-corrected chi connectivity index (χ0v) is 15.7. The quantitative estimate of drug-likeness (QED) is 0.883. The molecule has 0 bridgehead atoms. The summed E-state index contributed by atoms with van der Waals surface area (Å²) in [4.78, 5) is 29.9. The number of amides is 2. The summed E-state index contributed by atoms with van der Waals surface area (Å²) < 4.78 is 0. The van der Waals surface area contributed by atoms with Gasteiger partial charge in [-0.3, -0.25) is 9.59 Å². The van der Waals surface area contributed by atoms with Crippen LogP contribution >= 0.6 is 0 Å². The van der Waals surface area contributed by atoms with Crippen LogP contribution in [0, 0.1) is 0 Å². The fourth-order valence-corrected chi connectivity index (χ4v) is 4.71. The Morgan fingerprint density at radius 3 is 2.58 bits per heavy atom. The maximum Gasteiger partial charge on any atom is 0.257 e. The van der Waals surface area contributed by atoms with E-state index in [0.29, 0.717) is 11.6 Å². The van der Waals surface area contributed by atoms with Crippen molar-refractivity contribution in [3.05, 3.63) is 29.3 Å². The lowest BCUT2D eigenvalue weighted by Crippen LogP contribution is -2.53. The first-order valence-electron chi connectivity index (χ1n) is 10.1. The zero-order chi connectivity index (χ0) is 18.1. The number of nitrogens with one attached hydrogen (secondary N) is 1. The number of nitrogens with zero attached hydrogens (tertiary/aromatic N) is 2. The van der Waals surface area contributed by atoms with Crippen molar-refractivity contribution < 1.29 is 9.59 Å². The number of carbonyl (C=O) groups is 2. The third-order valence-electron chi connectivity index (χ3n) is 6.24. The number of hydrogen-bond acceptors (Lipinski definition) is 3. The molecule has 1 atom stereocenters. The van der Waals surface area contributed by atoms with Crippen molar-refractivity contribution >= 4 is 17.5 Å². The van der Waals surface area contributed by atoms with Crippen LogP contribution in [0.5, 0.6) is 0 Å². The molecule has 1 aromatic carbocycles. The molecule has 3 aliphatic rings. The van der Waals surface area contributed by atoms with E-state index >= 15 is 0 Å². The summed E-state index contributed by atoms with van der Waals surface area (Å²) in [6, 6.07) is 5.85. The summed E-state index contributed by atoms with van der Waals surface area (Å²) in [5, 5.41) is 3.18. The standard InChI is InChI=1S/C21H29N3O2/c1-23-18-14-15(20(25)22-16-8-4-2-5-9-16)11-12-17(18)21(26)24-13-7-3-6-10-19(23)24/h11-12,14,16,19H,2-10,13H2,1H3,(H,22,25). The monoisotopic (exact) mass is 355 g/mol. The highest BCUT2D eigenvalue weighted by Crippen LogP contribution is 2.34. The molecule has 0 spiro atoms. The van der Waals surface area contributed by atoms with Gasteiger partial charge in [0, 0.05) is 25.2 Å². The van der Waals surface area contributed by atoms with Crippen LogP contribution in [-0.4, -0.2) is 42.5 Å². The maximum absolute atomic E-state index is 12.9. The number of anilines is 1. The number of fused-ring (bicyclic) bond motifs is 2. The smallest absolute Gasteiger partial charge is 0.257 e. The fourth-order valence-electron chi connectivity index (χ4n) is 4.71. The Morgan fingerprint density at radius 2 is 1.77 bits per heavy atom. The molecule has 2 amide bonds. The van der Waals surface area contributed by atoms with Gasteiger partial charge in [0.1, 0.15) is 6.17 Å². The highest BCUT2D eigenvalue weighted by Gasteiger charge is 2.36. The molecule has 5 heteroatoms. The van der Waals surface area contributed by atoms with E-state index in [9.17, 15) is 9.59 Å². The van der Waals surface area contributed by atoms with Gasteiger partial charge in [0.15, 0.2) is 0 Å². The minimum absolute atomic E-state index is 0.0103. The Bertz CT molecular complexity index is 696. The molecular weight excluding hydrogens is 326 g/mol. The first kappa shape index (κ1) is 17.4. The Morgan fingerprint density at radius 1 is 1.04 bits per heavy atom. The molecule has 4 rings (SSSR count). The lowest BCUT2D eigenvalue weighted by atomic mass is 9.95. The third-order valence-corrected chi connectivity index (χ3v) is 6.24. The topological polar surface area (TPSA) is 52.7 Å². The summed E-state index contributed by atoms with van der Waals surface area (Å²) in [7, 11) is 2.05. The first-order valence-corrected chi connectivity index (χ1v) is 10.1. The molecule has 1 aliphatic carbocycles. The number of benzene rings is 1. The normalized spacial score (nSPS) is 23.9. The lowest BCUT2D eigenvalue weighted by molar-refractivity contribution is 0.0661. The minimum atomic E-state index is -0.0103. The largest absolute Gasteiger partial charge is 0.354 e. The van der Waals surface area contributed by atoms with E-state index in [1.807, 2.05) is 17.0 Å². The van der Waals surface area contributed by atoms with E-state index in [1.54, 1.807) is 6.07 Å². The predicted molar refractivity (Wildman–Crippen MR) is 102 cm³/mol. The lowest BCUT2D eigenvalue weighted by Gasteiger charge is -2.43. The first-order chi connectivity index (χ1) is 12.6. The van der Waals surface area contributed by atoms with Crippen molar-refractivity contribution in [3.8, 4) is 0 Å². The van der Waals surface area contributed by atoms with Crippen molar-refractivity contribution in [3.63, 3.8) is 0 Å². The number of carbonyl (C=O) groups excluding carboxylic acids is 2. The van der Waals surface area contributed by atoms with Crippen LogP contribution in [0.25, 0.3) is 0 Å².